The van der Waals surface area contributed by atoms with Gasteiger partial charge >= 0.3 is 5.97 Å². The molecule has 1 aromatic heterocycles. The third-order valence-electron chi connectivity index (χ3n) is 6.43. The third kappa shape index (κ3) is 3.29. The Kier molecular flexibility index (Phi) is 5.02. The van der Waals surface area contributed by atoms with Gasteiger partial charge in [0.2, 0.25) is 0 Å². The number of carbonyl (C=O) groups is 1. The molecule has 1 aliphatic heterocycles. The standard InChI is InChI=1S/C23H32N2O2/c1-5-9-25-12-16(13-27-15(4)26)10-18-17-7-6-8-20-22(17)19(11-21(18)25)23(24-20)14(2)3/h6-8,14,16,18,21,24H,5,9-13H2,1-4H3/t16?,18-,21-/m1/s1. The summed E-state index contributed by atoms with van der Waals surface area (Å²) in [6, 6.07) is 7.31. The van der Waals surface area contributed by atoms with E-state index in [4.69, 9.17) is 4.74 Å². The summed E-state index contributed by atoms with van der Waals surface area (Å²) in [5, 5.41) is 1.46. The lowest BCUT2D eigenvalue weighted by atomic mass is 9.71. The van der Waals surface area contributed by atoms with Gasteiger partial charge in [-0.2, -0.15) is 0 Å². The number of H-pyrrole nitrogens is 1. The van der Waals surface area contributed by atoms with E-state index in [0.717, 1.165) is 32.4 Å². The van der Waals surface area contributed by atoms with Crippen molar-refractivity contribution < 1.29 is 9.53 Å². The highest BCUT2D eigenvalue weighted by atomic mass is 16.5. The van der Waals surface area contributed by atoms with E-state index in [1.54, 1.807) is 0 Å². The van der Waals surface area contributed by atoms with Gasteiger partial charge in [-0.3, -0.25) is 9.69 Å². The van der Waals surface area contributed by atoms with E-state index in [2.05, 4.69) is 48.9 Å². The molecule has 2 aliphatic rings. The van der Waals surface area contributed by atoms with E-state index in [-0.39, 0.29) is 5.97 Å². The number of benzene rings is 1. The van der Waals surface area contributed by atoms with Gasteiger partial charge in [-0.05, 0) is 48.9 Å². The van der Waals surface area contributed by atoms with Gasteiger partial charge in [0.25, 0.3) is 0 Å². The van der Waals surface area contributed by atoms with Crippen molar-refractivity contribution in [3.63, 3.8) is 0 Å². The minimum Gasteiger partial charge on any atom is -0.466 e. The molecule has 4 rings (SSSR count). The summed E-state index contributed by atoms with van der Waals surface area (Å²) >= 11 is 0. The molecular weight excluding hydrogens is 336 g/mol. The van der Waals surface area contributed by atoms with E-state index in [1.165, 1.54) is 34.6 Å². The zero-order valence-corrected chi connectivity index (χ0v) is 17.0. The maximum atomic E-state index is 11.3. The highest BCUT2D eigenvalue weighted by molar-refractivity contribution is 5.90. The summed E-state index contributed by atoms with van der Waals surface area (Å²) in [6.07, 6.45) is 3.40. The van der Waals surface area contributed by atoms with E-state index in [9.17, 15) is 4.79 Å². The number of nitrogens with one attached hydrogen (secondary N) is 1. The Hall–Kier alpha value is -1.81. The van der Waals surface area contributed by atoms with Crippen LogP contribution in [0, 0.1) is 5.92 Å². The van der Waals surface area contributed by atoms with E-state index >= 15 is 0 Å². The lowest BCUT2D eigenvalue weighted by Gasteiger charge is -2.47. The maximum Gasteiger partial charge on any atom is 0.302 e. The van der Waals surface area contributed by atoms with Crippen LogP contribution in [0.5, 0.6) is 0 Å². The number of aromatic amines is 1. The van der Waals surface area contributed by atoms with Gasteiger partial charge in [-0.25, -0.2) is 0 Å². The number of ether oxygens (including phenoxy) is 1. The van der Waals surface area contributed by atoms with Crippen molar-refractivity contribution in [1.29, 1.82) is 0 Å². The van der Waals surface area contributed by atoms with E-state index in [0.29, 0.717) is 30.4 Å². The average Bonchev–Trinajstić information content (AvgIpc) is 3.01. The maximum absolute atomic E-state index is 11.3. The number of likely N-dealkylation sites (tertiary alicyclic amines) is 1. The molecule has 1 fully saturated rings. The van der Waals surface area contributed by atoms with Gasteiger partial charge in [-0.1, -0.05) is 32.9 Å². The van der Waals surface area contributed by atoms with Crippen LogP contribution in [0.1, 0.15) is 69.2 Å². The van der Waals surface area contributed by atoms with Crippen molar-refractivity contribution in [1.82, 2.24) is 9.88 Å². The Bertz CT molecular complexity index is 838. The summed E-state index contributed by atoms with van der Waals surface area (Å²) < 4.78 is 5.39. The molecule has 3 atom stereocenters. The zero-order valence-electron chi connectivity index (χ0n) is 17.0. The molecule has 1 aromatic carbocycles. The van der Waals surface area contributed by atoms with Crippen molar-refractivity contribution in [2.24, 2.45) is 5.92 Å². The van der Waals surface area contributed by atoms with Crippen molar-refractivity contribution in [3.05, 3.63) is 35.0 Å². The summed E-state index contributed by atoms with van der Waals surface area (Å²) in [7, 11) is 0. The fraction of sp³-hybridized carbons (Fsp3) is 0.609. The molecule has 2 aromatic rings. The predicted molar refractivity (Wildman–Crippen MR) is 109 cm³/mol. The molecule has 0 bridgehead atoms. The van der Waals surface area contributed by atoms with Crippen LogP contribution in [0.15, 0.2) is 18.2 Å². The Labute approximate surface area is 162 Å². The van der Waals surface area contributed by atoms with Crippen LogP contribution < -0.4 is 0 Å². The minimum atomic E-state index is -0.167. The molecule has 0 amide bonds. The summed E-state index contributed by atoms with van der Waals surface area (Å²) in [5.74, 6) is 1.29. The summed E-state index contributed by atoms with van der Waals surface area (Å²) in [4.78, 5) is 17.7. The van der Waals surface area contributed by atoms with Crippen molar-refractivity contribution >= 4 is 16.9 Å². The second kappa shape index (κ2) is 7.31. The zero-order chi connectivity index (χ0) is 19.1. The van der Waals surface area contributed by atoms with Crippen molar-refractivity contribution in [2.75, 3.05) is 19.7 Å². The highest BCUT2D eigenvalue weighted by Crippen LogP contribution is 2.46. The van der Waals surface area contributed by atoms with Crippen LogP contribution in [-0.2, 0) is 16.0 Å². The molecule has 0 radical (unpaired) electrons. The number of fused-ring (bicyclic) bond motifs is 2. The van der Waals surface area contributed by atoms with Gasteiger partial charge in [0.05, 0.1) is 6.61 Å². The number of hydrogen-bond donors (Lipinski definition) is 1. The first-order chi connectivity index (χ1) is 13.0. The van der Waals surface area contributed by atoms with Crippen LogP contribution in [0.2, 0.25) is 0 Å². The molecule has 1 saturated heterocycles. The lowest BCUT2D eigenvalue weighted by molar-refractivity contribution is -0.143. The number of aromatic nitrogens is 1. The highest BCUT2D eigenvalue weighted by Gasteiger charge is 2.41. The number of rotatable bonds is 5. The molecule has 2 heterocycles. The molecule has 146 valence electrons. The van der Waals surface area contributed by atoms with Crippen molar-refractivity contribution in [2.45, 2.75) is 64.8 Å². The summed E-state index contributed by atoms with van der Waals surface area (Å²) in [5.41, 5.74) is 5.73. The van der Waals surface area contributed by atoms with Crippen LogP contribution in [-0.4, -0.2) is 41.6 Å². The largest absolute Gasteiger partial charge is 0.466 e. The number of hydrogen-bond acceptors (Lipinski definition) is 3. The second-order valence-corrected chi connectivity index (χ2v) is 8.72. The van der Waals surface area contributed by atoms with Gasteiger partial charge in [-0.15, -0.1) is 0 Å². The van der Waals surface area contributed by atoms with Crippen LogP contribution in [0.3, 0.4) is 0 Å². The first-order valence-corrected chi connectivity index (χ1v) is 10.5. The molecule has 1 unspecified atom stereocenters. The normalized spacial score (nSPS) is 25.0. The topological polar surface area (TPSA) is 45.3 Å². The fourth-order valence-corrected chi connectivity index (χ4v) is 5.41. The second-order valence-electron chi connectivity index (χ2n) is 8.72. The molecule has 1 aliphatic carbocycles. The minimum absolute atomic E-state index is 0.167. The molecule has 0 saturated carbocycles. The SMILES string of the molecule is CCCN1CC(COC(C)=O)C[C@@H]2c3cccc4[nH]c(C(C)C)c(c34)C[C@H]21. The van der Waals surface area contributed by atoms with Gasteiger partial charge in [0.1, 0.15) is 0 Å². The molecule has 1 N–H and O–H groups in total. The molecular formula is C23H32N2O2. The number of nitrogens with zero attached hydrogens (tertiary/aromatic N) is 1. The Morgan fingerprint density at radius 2 is 2.19 bits per heavy atom. The van der Waals surface area contributed by atoms with Gasteiger partial charge < -0.3 is 9.72 Å². The summed E-state index contributed by atoms with van der Waals surface area (Å²) in [6.45, 7) is 11.0. The van der Waals surface area contributed by atoms with Crippen LogP contribution in [0.4, 0.5) is 0 Å². The van der Waals surface area contributed by atoms with Gasteiger partial charge in [0, 0.05) is 47.9 Å². The smallest absolute Gasteiger partial charge is 0.302 e. The number of esters is 1. The van der Waals surface area contributed by atoms with E-state index in [1.807, 2.05) is 0 Å². The molecule has 27 heavy (non-hydrogen) atoms. The lowest BCUT2D eigenvalue weighted by Crippen LogP contribution is -2.51. The third-order valence-corrected chi connectivity index (χ3v) is 6.43. The molecule has 4 nitrogen and oxygen atoms in total. The molecule has 4 heteroatoms. The molecule has 0 spiro atoms. The van der Waals surface area contributed by atoms with Crippen molar-refractivity contribution in [3.8, 4) is 0 Å². The Morgan fingerprint density at radius 3 is 2.89 bits per heavy atom. The fourth-order valence-electron chi connectivity index (χ4n) is 5.41. The van der Waals surface area contributed by atoms with Gasteiger partial charge in [0.15, 0.2) is 0 Å². The van der Waals surface area contributed by atoms with E-state index < -0.39 is 0 Å². The quantitative estimate of drug-likeness (QED) is 0.785. The first kappa shape index (κ1) is 18.5. The Balaban J connectivity index is 1.74. The predicted octanol–water partition coefficient (Wildman–Crippen LogP) is 4.59. The van der Waals surface area contributed by atoms with Crippen LogP contribution in [0.25, 0.3) is 10.9 Å². The Morgan fingerprint density at radius 1 is 1.37 bits per heavy atom. The number of carbonyl (C=O) groups excluding carboxylic acids is 1. The number of piperidine rings is 1. The first-order valence-electron chi connectivity index (χ1n) is 10.5. The van der Waals surface area contributed by atoms with Crippen LogP contribution >= 0.6 is 0 Å². The average molecular weight is 369 g/mol. The monoisotopic (exact) mass is 368 g/mol.